The third-order valence-corrected chi connectivity index (χ3v) is 4.31. The zero-order valence-electron chi connectivity index (χ0n) is 15.2. The highest BCUT2D eigenvalue weighted by Gasteiger charge is 2.16. The van der Waals surface area contributed by atoms with Crippen molar-refractivity contribution in [2.24, 2.45) is 0 Å². The Labute approximate surface area is 144 Å². The van der Waals surface area contributed by atoms with Crippen LogP contribution in [0.1, 0.15) is 63.8 Å². The van der Waals surface area contributed by atoms with Crippen molar-refractivity contribution >= 4 is 0 Å². The van der Waals surface area contributed by atoms with Crippen LogP contribution >= 0.6 is 0 Å². The van der Waals surface area contributed by atoms with Crippen LogP contribution in [0, 0.1) is 0 Å². The van der Waals surface area contributed by atoms with Gasteiger partial charge in [0.25, 0.3) is 0 Å². The average molecular weight is 328 g/mol. The third kappa shape index (κ3) is 4.15. The maximum Gasteiger partial charge on any atom is 0.147 e. The normalized spacial score (nSPS) is 15.8. The molecule has 1 aromatic carbocycles. The van der Waals surface area contributed by atoms with Gasteiger partial charge in [-0.1, -0.05) is 12.1 Å². The number of nitrogens with one attached hydrogen (secondary N) is 1. The number of hydrogen-bond donors (Lipinski definition) is 1. The quantitative estimate of drug-likeness (QED) is 0.910. The van der Waals surface area contributed by atoms with Crippen molar-refractivity contribution < 1.29 is 4.74 Å². The van der Waals surface area contributed by atoms with Crippen LogP contribution < -0.4 is 10.1 Å². The van der Waals surface area contributed by atoms with E-state index in [1.54, 1.807) is 0 Å². The van der Waals surface area contributed by atoms with Gasteiger partial charge in [0, 0.05) is 19.0 Å². The monoisotopic (exact) mass is 328 g/mol. The molecule has 0 aliphatic carbocycles. The van der Waals surface area contributed by atoms with Gasteiger partial charge in [0.05, 0.1) is 6.54 Å². The van der Waals surface area contributed by atoms with Crippen LogP contribution in [-0.4, -0.2) is 20.4 Å². The standard InChI is InChI=1S/C19H28N4O/c1-14(15-8-10-16(11-9-15)24-19(2,3)4)20-13-18-22-21-17-7-5-6-12-23(17)18/h8-11,14,20H,5-7,12-13H2,1-4H3/t14-/m1/s1. The van der Waals surface area contributed by atoms with Crippen LogP contribution in [0.2, 0.25) is 0 Å². The minimum Gasteiger partial charge on any atom is -0.488 e. The maximum atomic E-state index is 5.88. The Balaban J connectivity index is 1.59. The zero-order valence-corrected chi connectivity index (χ0v) is 15.2. The van der Waals surface area contributed by atoms with Crippen molar-refractivity contribution in [1.29, 1.82) is 0 Å². The highest BCUT2D eigenvalue weighted by atomic mass is 16.5. The molecule has 0 saturated heterocycles. The summed E-state index contributed by atoms with van der Waals surface area (Å²) in [7, 11) is 0. The summed E-state index contributed by atoms with van der Waals surface area (Å²) >= 11 is 0. The Morgan fingerprint density at radius 3 is 2.62 bits per heavy atom. The largest absolute Gasteiger partial charge is 0.488 e. The van der Waals surface area contributed by atoms with Crippen molar-refractivity contribution in [2.45, 2.75) is 71.7 Å². The molecule has 1 atom stereocenters. The van der Waals surface area contributed by atoms with E-state index in [2.05, 4.69) is 59.9 Å². The molecule has 0 amide bonds. The number of fused-ring (bicyclic) bond motifs is 1. The molecule has 0 unspecified atom stereocenters. The topological polar surface area (TPSA) is 52.0 Å². The Kier molecular flexibility index (Phi) is 4.90. The molecular formula is C19H28N4O. The number of ether oxygens (including phenoxy) is 1. The fourth-order valence-corrected chi connectivity index (χ4v) is 3.04. The van der Waals surface area contributed by atoms with E-state index in [0.717, 1.165) is 36.9 Å². The van der Waals surface area contributed by atoms with E-state index in [-0.39, 0.29) is 11.6 Å². The summed E-state index contributed by atoms with van der Waals surface area (Å²) in [6, 6.07) is 8.58. The molecule has 130 valence electrons. The van der Waals surface area contributed by atoms with Crippen LogP contribution in [0.15, 0.2) is 24.3 Å². The van der Waals surface area contributed by atoms with Crippen LogP contribution in [0.5, 0.6) is 5.75 Å². The first kappa shape index (κ1) is 17.0. The van der Waals surface area contributed by atoms with E-state index in [1.165, 1.54) is 18.4 Å². The summed E-state index contributed by atoms with van der Waals surface area (Å²) in [4.78, 5) is 0. The van der Waals surface area contributed by atoms with Gasteiger partial charge in [-0.25, -0.2) is 0 Å². The van der Waals surface area contributed by atoms with Crippen LogP contribution in [0.4, 0.5) is 0 Å². The second-order valence-corrected chi connectivity index (χ2v) is 7.53. The molecule has 5 heteroatoms. The van der Waals surface area contributed by atoms with E-state index < -0.39 is 0 Å². The predicted molar refractivity (Wildman–Crippen MR) is 95.0 cm³/mol. The lowest BCUT2D eigenvalue weighted by Crippen LogP contribution is -2.23. The van der Waals surface area contributed by atoms with Gasteiger partial charge in [0.15, 0.2) is 0 Å². The first-order valence-corrected chi connectivity index (χ1v) is 8.86. The van der Waals surface area contributed by atoms with Crippen molar-refractivity contribution in [3.63, 3.8) is 0 Å². The molecule has 24 heavy (non-hydrogen) atoms. The van der Waals surface area contributed by atoms with E-state index >= 15 is 0 Å². The molecular weight excluding hydrogens is 300 g/mol. The fraction of sp³-hybridized carbons (Fsp3) is 0.579. The molecule has 0 radical (unpaired) electrons. The molecule has 2 aromatic rings. The minimum atomic E-state index is -0.169. The van der Waals surface area contributed by atoms with Gasteiger partial charge in [-0.2, -0.15) is 0 Å². The summed E-state index contributed by atoms with van der Waals surface area (Å²) in [6.45, 7) is 10.1. The summed E-state index contributed by atoms with van der Waals surface area (Å²) in [5.74, 6) is 3.09. The first-order valence-electron chi connectivity index (χ1n) is 8.86. The lowest BCUT2D eigenvalue weighted by molar-refractivity contribution is 0.131. The highest BCUT2D eigenvalue weighted by molar-refractivity contribution is 5.29. The van der Waals surface area contributed by atoms with Crippen molar-refractivity contribution in [1.82, 2.24) is 20.1 Å². The summed E-state index contributed by atoms with van der Waals surface area (Å²) in [5, 5.41) is 12.2. The van der Waals surface area contributed by atoms with E-state index in [9.17, 15) is 0 Å². The predicted octanol–water partition coefficient (Wildman–Crippen LogP) is 3.64. The van der Waals surface area contributed by atoms with Crippen LogP contribution in [0.25, 0.3) is 0 Å². The molecule has 0 spiro atoms. The van der Waals surface area contributed by atoms with Gasteiger partial charge in [0.2, 0.25) is 0 Å². The molecule has 5 nitrogen and oxygen atoms in total. The summed E-state index contributed by atoms with van der Waals surface area (Å²) in [6.07, 6.45) is 3.51. The smallest absolute Gasteiger partial charge is 0.147 e. The van der Waals surface area contributed by atoms with Gasteiger partial charge in [-0.05, 0) is 58.2 Å². The Bertz CT molecular complexity index is 670. The second kappa shape index (κ2) is 6.93. The third-order valence-electron chi connectivity index (χ3n) is 4.31. The molecule has 1 aromatic heterocycles. The number of hydrogen-bond acceptors (Lipinski definition) is 4. The lowest BCUT2D eigenvalue weighted by atomic mass is 10.1. The lowest BCUT2D eigenvalue weighted by Gasteiger charge is -2.22. The van der Waals surface area contributed by atoms with Crippen LogP contribution in [0.3, 0.4) is 0 Å². The number of rotatable bonds is 5. The highest BCUT2D eigenvalue weighted by Crippen LogP contribution is 2.22. The minimum absolute atomic E-state index is 0.169. The van der Waals surface area contributed by atoms with E-state index in [0.29, 0.717) is 0 Å². The molecule has 0 fully saturated rings. The summed E-state index contributed by atoms with van der Waals surface area (Å²) in [5.41, 5.74) is 1.08. The van der Waals surface area contributed by atoms with Crippen molar-refractivity contribution in [3.05, 3.63) is 41.5 Å². The average Bonchev–Trinajstić information content (AvgIpc) is 2.95. The van der Waals surface area contributed by atoms with Crippen molar-refractivity contribution in [2.75, 3.05) is 0 Å². The van der Waals surface area contributed by atoms with E-state index in [1.807, 2.05) is 12.1 Å². The SMILES string of the molecule is C[C@@H](NCc1nnc2n1CCCC2)c1ccc(OC(C)(C)C)cc1. The molecule has 2 heterocycles. The number of aryl methyl sites for hydroxylation is 1. The van der Waals surface area contributed by atoms with Gasteiger partial charge < -0.3 is 14.6 Å². The van der Waals surface area contributed by atoms with Gasteiger partial charge >= 0.3 is 0 Å². The molecule has 1 N–H and O–H groups in total. The number of benzene rings is 1. The number of aromatic nitrogens is 3. The number of nitrogens with zero attached hydrogens (tertiary/aromatic N) is 3. The fourth-order valence-electron chi connectivity index (χ4n) is 3.04. The van der Waals surface area contributed by atoms with Crippen molar-refractivity contribution in [3.8, 4) is 5.75 Å². The molecule has 0 saturated carbocycles. The zero-order chi connectivity index (χ0) is 17.2. The summed E-state index contributed by atoms with van der Waals surface area (Å²) < 4.78 is 8.14. The Morgan fingerprint density at radius 2 is 1.92 bits per heavy atom. The molecule has 1 aliphatic heterocycles. The molecule has 1 aliphatic rings. The molecule has 3 rings (SSSR count). The Hall–Kier alpha value is -1.88. The van der Waals surface area contributed by atoms with Gasteiger partial charge in [0.1, 0.15) is 23.0 Å². The Morgan fingerprint density at radius 1 is 1.17 bits per heavy atom. The van der Waals surface area contributed by atoms with Gasteiger partial charge in [-0.3, -0.25) is 0 Å². The maximum absolute atomic E-state index is 5.88. The second-order valence-electron chi connectivity index (χ2n) is 7.53. The van der Waals surface area contributed by atoms with Gasteiger partial charge in [-0.15, -0.1) is 10.2 Å². The molecule has 0 bridgehead atoms. The van der Waals surface area contributed by atoms with Crippen LogP contribution in [-0.2, 0) is 19.5 Å². The van der Waals surface area contributed by atoms with E-state index in [4.69, 9.17) is 4.74 Å². The first-order chi connectivity index (χ1) is 11.4.